The molecule has 0 radical (unpaired) electrons. The van der Waals surface area contributed by atoms with Gasteiger partial charge in [-0.1, -0.05) is 0 Å². The van der Waals surface area contributed by atoms with Crippen LogP contribution in [0.1, 0.15) is 6.42 Å². The van der Waals surface area contributed by atoms with Crippen molar-refractivity contribution in [2.75, 3.05) is 20.2 Å². The summed E-state index contributed by atoms with van der Waals surface area (Å²) in [5.74, 6) is -4.47. The first-order valence-electron chi connectivity index (χ1n) is 4.24. The van der Waals surface area contributed by atoms with Crippen LogP contribution in [0.3, 0.4) is 0 Å². The standard InChI is InChI=1S/C8H11F2NO2/c1-13-6(12)7-4-11-3-2-5(7)8(7,9)10/h5,11H,2-4H2,1H3/t5-,7+/m0/s1. The van der Waals surface area contributed by atoms with Crippen molar-refractivity contribution < 1.29 is 18.3 Å². The third-order valence-corrected chi connectivity index (χ3v) is 3.11. The van der Waals surface area contributed by atoms with Crippen LogP contribution in [-0.2, 0) is 9.53 Å². The molecule has 1 aliphatic carbocycles. The number of rotatable bonds is 1. The zero-order valence-electron chi connectivity index (χ0n) is 7.27. The maximum atomic E-state index is 13.3. The van der Waals surface area contributed by atoms with Crippen molar-refractivity contribution in [3.8, 4) is 0 Å². The predicted octanol–water partition coefficient (Wildman–Crippen LogP) is 0.404. The first kappa shape index (κ1) is 8.87. The number of esters is 1. The summed E-state index contributed by atoms with van der Waals surface area (Å²) < 4.78 is 30.9. The van der Waals surface area contributed by atoms with Gasteiger partial charge in [0.2, 0.25) is 0 Å². The van der Waals surface area contributed by atoms with Crippen molar-refractivity contribution in [2.24, 2.45) is 11.3 Å². The number of fused-ring (bicyclic) bond motifs is 1. The number of halogens is 2. The molecule has 0 spiro atoms. The zero-order valence-corrected chi connectivity index (χ0v) is 7.27. The molecule has 2 fully saturated rings. The smallest absolute Gasteiger partial charge is 0.319 e. The molecular formula is C8H11F2NO2. The van der Waals surface area contributed by atoms with Crippen molar-refractivity contribution in [1.29, 1.82) is 0 Å². The second kappa shape index (κ2) is 2.41. The number of carbonyl (C=O) groups is 1. The molecule has 0 amide bonds. The summed E-state index contributed by atoms with van der Waals surface area (Å²) in [6.45, 7) is 0.594. The Labute approximate surface area is 74.4 Å². The van der Waals surface area contributed by atoms with Crippen LogP contribution in [0.5, 0.6) is 0 Å². The van der Waals surface area contributed by atoms with Gasteiger partial charge in [-0.25, -0.2) is 8.78 Å². The highest BCUT2D eigenvalue weighted by Gasteiger charge is 2.85. The summed E-state index contributed by atoms with van der Waals surface area (Å²) in [7, 11) is 1.15. The summed E-state index contributed by atoms with van der Waals surface area (Å²) in [4.78, 5) is 11.2. The Bertz CT molecular complexity index is 257. The fraction of sp³-hybridized carbons (Fsp3) is 0.875. The molecule has 13 heavy (non-hydrogen) atoms. The quantitative estimate of drug-likeness (QED) is 0.610. The Balaban J connectivity index is 2.26. The van der Waals surface area contributed by atoms with E-state index in [1.807, 2.05) is 0 Å². The van der Waals surface area contributed by atoms with Crippen molar-refractivity contribution in [3.05, 3.63) is 0 Å². The van der Waals surface area contributed by atoms with E-state index in [4.69, 9.17) is 0 Å². The third-order valence-electron chi connectivity index (χ3n) is 3.11. The molecular weight excluding hydrogens is 180 g/mol. The van der Waals surface area contributed by atoms with Gasteiger partial charge in [-0.15, -0.1) is 0 Å². The number of hydrogen-bond donors (Lipinski definition) is 1. The van der Waals surface area contributed by atoms with Crippen LogP contribution in [0, 0.1) is 11.3 Å². The van der Waals surface area contributed by atoms with Gasteiger partial charge < -0.3 is 10.1 Å². The van der Waals surface area contributed by atoms with Crippen LogP contribution in [-0.4, -0.2) is 32.1 Å². The molecule has 1 saturated heterocycles. The van der Waals surface area contributed by atoms with Crippen LogP contribution in [0.2, 0.25) is 0 Å². The number of ether oxygens (including phenoxy) is 1. The monoisotopic (exact) mass is 191 g/mol. The van der Waals surface area contributed by atoms with Crippen LogP contribution < -0.4 is 5.32 Å². The minimum atomic E-state index is -2.87. The van der Waals surface area contributed by atoms with Gasteiger partial charge in [-0.3, -0.25) is 4.79 Å². The number of methoxy groups -OCH3 is 1. The van der Waals surface area contributed by atoms with E-state index in [0.717, 1.165) is 7.11 Å². The SMILES string of the molecule is COC(=O)[C@@]12CNCC[C@@H]1C2(F)F. The lowest BCUT2D eigenvalue weighted by Gasteiger charge is -2.18. The highest BCUT2D eigenvalue weighted by Crippen LogP contribution is 2.68. The highest BCUT2D eigenvalue weighted by atomic mass is 19.3. The van der Waals surface area contributed by atoms with Gasteiger partial charge >= 0.3 is 5.97 Å². The maximum absolute atomic E-state index is 13.3. The Kier molecular flexibility index (Phi) is 1.64. The van der Waals surface area contributed by atoms with Gasteiger partial charge in [-0.2, -0.15) is 0 Å². The van der Waals surface area contributed by atoms with Crippen molar-refractivity contribution >= 4 is 5.97 Å². The molecule has 0 unspecified atom stereocenters. The number of alkyl halides is 2. The first-order chi connectivity index (χ1) is 6.07. The van der Waals surface area contributed by atoms with Gasteiger partial charge in [-0.05, 0) is 13.0 Å². The fourth-order valence-electron chi connectivity index (χ4n) is 2.27. The van der Waals surface area contributed by atoms with Crippen molar-refractivity contribution in [2.45, 2.75) is 12.3 Å². The largest absolute Gasteiger partial charge is 0.468 e. The van der Waals surface area contributed by atoms with E-state index >= 15 is 0 Å². The summed E-state index contributed by atoms with van der Waals surface area (Å²) in [6.07, 6.45) is 0.349. The molecule has 1 N–H and O–H groups in total. The normalized spacial score (nSPS) is 40.7. The van der Waals surface area contributed by atoms with Crippen molar-refractivity contribution in [3.63, 3.8) is 0 Å². The van der Waals surface area contributed by atoms with Gasteiger partial charge in [0.05, 0.1) is 7.11 Å². The van der Waals surface area contributed by atoms with Crippen LogP contribution >= 0.6 is 0 Å². The molecule has 0 aromatic heterocycles. The zero-order chi connectivity index (χ0) is 9.69. The number of piperidine rings is 1. The molecule has 2 rings (SSSR count). The lowest BCUT2D eigenvalue weighted by atomic mass is 9.99. The van der Waals surface area contributed by atoms with E-state index < -0.39 is 23.2 Å². The molecule has 0 aromatic rings. The maximum Gasteiger partial charge on any atom is 0.319 e. The molecule has 2 aliphatic rings. The first-order valence-corrected chi connectivity index (χ1v) is 4.24. The average molecular weight is 191 g/mol. The number of hydrogen-bond acceptors (Lipinski definition) is 3. The number of carbonyl (C=O) groups excluding carboxylic acids is 1. The van der Waals surface area contributed by atoms with Crippen LogP contribution in [0.4, 0.5) is 8.78 Å². The molecule has 0 bridgehead atoms. The van der Waals surface area contributed by atoms with E-state index in [1.165, 1.54) is 0 Å². The molecule has 74 valence electrons. The van der Waals surface area contributed by atoms with Crippen LogP contribution in [0.25, 0.3) is 0 Å². The molecule has 5 heteroatoms. The molecule has 0 aromatic carbocycles. The molecule has 2 atom stereocenters. The van der Waals surface area contributed by atoms with Gasteiger partial charge in [0, 0.05) is 12.5 Å². The molecule has 1 aliphatic heterocycles. The predicted molar refractivity (Wildman–Crippen MR) is 40.4 cm³/mol. The average Bonchev–Trinajstić information content (AvgIpc) is 2.65. The lowest BCUT2D eigenvalue weighted by molar-refractivity contribution is -0.151. The Morgan fingerprint density at radius 1 is 1.62 bits per heavy atom. The highest BCUT2D eigenvalue weighted by molar-refractivity contribution is 5.83. The topological polar surface area (TPSA) is 38.3 Å². The van der Waals surface area contributed by atoms with E-state index in [9.17, 15) is 13.6 Å². The summed E-state index contributed by atoms with van der Waals surface area (Å²) in [5.41, 5.74) is -1.56. The summed E-state index contributed by atoms with van der Waals surface area (Å²) in [6, 6.07) is 0. The van der Waals surface area contributed by atoms with Crippen molar-refractivity contribution in [1.82, 2.24) is 5.32 Å². The van der Waals surface area contributed by atoms with Gasteiger partial charge in [0.25, 0.3) is 5.92 Å². The second-order valence-corrected chi connectivity index (χ2v) is 3.60. The van der Waals surface area contributed by atoms with Gasteiger partial charge in [0.15, 0.2) is 5.41 Å². The third kappa shape index (κ3) is 0.829. The van der Waals surface area contributed by atoms with Crippen LogP contribution in [0.15, 0.2) is 0 Å². The Hall–Kier alpha value is -0.710. The summed E-state index contributed by atoms with van der Waals surface area (Å²) in [5, 5.41) is 2.81. The minimum Gasteiger partial charge on any atom is -0.468 e. The van der Waals surface area contributed by atoms with E-state index in [-0.39, 0.29) is 6.54 Å². The van der Waals surface area contributed by atoms with Gasteiger partial charge in [0.1, 0.15) is 0 Å². The Morgan fingerprint density at radius 2 is 2.31 bits per heavy atom. The second-order valence-electron chi connectivity index (χ2n) is 3.60. The van der Waals surface area contributed by atoms with E-state index in [2.05, 4.69) is 10.1 Å². The fourth-order valence-corrected chi connectivity index (χ4v) is 2.27. The lowest BCUT2D eigenvalue weighted by Crippen LogP contribution is -2.39. The van der Waals surface area contributed by atoms with E-state index in [0.29, 0.717) is 13.0 Å². The van der Waals surface area contributed by atoms with E-state index in [1.54, 1.807) is 0 Å². The molecule has 1 heterocycles. The number of nitrogens with one attached hydrogen (secondary N) is 1. The minimum absolute atomic E-state index is 0.0390. The summed E-state index contributed by atoms with van der Waals surface area (Å²) >= 11 is 0. The Morgan fingerprint density at radius 3 is 2.85 bits per heavy atom. The molecule has 3 nitrogen and oxygen atoms in total. The molecule has 1 saturated carbocycles.